The molecule has 0 N–H and O–H groups in total. The van der Waals surface area contributed by atoms with E-state index in [4.69, 9.17) is 0 Å². The maximum atomic E-state index is 10.7. The van der Waals surface area contributed by atoms with Gasteiger partial charge in [-0.3, -0.25) is 0 Å². The summed E-state index contributed by atoms with van der Waals surface area (Å²) in [6.07, 6.45) is 0. The molecule has 0 radical (unpaired) electrons. The molecular weight excluding hydrogens is 373 g/mol. The molecule has 96 valence electrons. The van der Waals surface area contributed by atoms with Crippen molar-refractivity contribution in [3.8, 4) is 0 Å². The van der Waals surface area contributed by atoms with Crippen molar-refractivity contribution in [3.63, 3.8) is 0 Å². The van der Waals surface area contributed by atoms with E-state index in [1.807, 2.05) is 36.4 Å². The van der Waals surface area contributed by atoms with Crippen molar-refractivity contribution in [1.29, 1.82) is 0 Å². The molecule has 2 rings (SSSR count). The molecule has 0 spiro atoms. The zero-order valence-corrected chi connectivity index (χ0v) is 13.1. The van der Waals surface area contributed by atoms with Gasteiger partial charge in [-0.05, 0) is 0 Å². The first-order valence-corrected chi connectivity index (χ1v) is 8.13. The molecular formula is C14H10BrNO2Se. The number of hydrogen-bond donors (Lipinski definition) is 0. The molecule has 2 aromatic rings. The first-order chi connectivity index (χ1) is 9.16. The van der Waals surface area contributed by atoms with Gasteiger partial charge >= 0.3 is 126 Å². The van der Waals surface area contributed by atoms with Crippen LogP contribution >= 0.6 is 15.9 Å². The van der Waals surface area contributed by atoms with Gasteiger partial charge in [0.15, 0.2) is 0 Å². The van der Waals surface area contributed by atoms with Gasteiger partial charge in [-0.1, -0.05) is 0 Å². The fourth-order valence-corrected chi connectivity index (χ4v) is 3.72. The molecule has 0 bridgehead atoms. The van der Waals surface area contributed by atoms with E-state index in [0.717, 1.165) is 14.5 Å². The van der Waals surface area contributed by atoms with E-state index in [0.29, 0.717) is 0 Å². The van der Waals surface area contributed by atoms with Crippen LogP contribution in [0.5, 0.6) is 0 Å². The van der Waals surface area contributed by atoms with Crippen molar-refractivity contribution in [2.75, 3.05) is 0 Å². The number of rotatable bonds is 4. The van der Waals surface area contributed by atoms with Crippen LogP contribution in [0.2, 0.25) is 0 Å². The third-order valence-electron chi connectivity index (χ3n) is 2.38. The SMILES string of the molecule is O=[N+]([O-])c1cccc([Se]/C=C(/Br)c2ccccc2)c1. The maximum absolute atomic E-state index is 10.7. The van der Waals surface area contributed by atoms with Crippen LogP contribution in [0.4, 0.5) is 5.69 Å². The summed E-state index contributed by atoms with van der Waals surface area (Å²) in [6.45, 7) is 0. The molecule has 0 aliphatic heterocycles. The van der Waals surface area contributed by atoms with E-state index < -0.39 is 0 Å². The van der Waals surface area contributed by atoms with Crippen molar-refractivity contribution < 1.29 is 4.92 Å². The number of nitrogens with zero attached hydrogens (tertiary/aromatic N) is 1. The van der Waals surface area contributed by atoms with Crippen LogP contribution in [0.3, 0.4) is 0 Å². The Hall–Kier alpha value is -1.42. The van der Waals surface area contributed by atoms with Gasteiger partial charge in [0.25, 0.3) is 0 Å². The fraction of sp³-hybridized carbons (Fsp3) is 0. The molecule has 0 saturated heterocycles. The standard InChI is InChI=1S/C14H10BrNO2Se/c15-14(11-5-2-1-3-6-11)10-19-13-8-4-7-12(9-13)16(17)18/h1-10H/b14-10+. The number of nitro benzene ring substituents is 1. The minimum absolute atomic E-state index is 0.0562. The molecule has 0 saturated carbocycles. The first-order valence-electron chi connectivity index (χ1n) is 5.49. The number of benzene rings is 2. The Kier molecular flexibility index (Phi) is 4.91. The molecule has 0 unspecified atom stereocenters. The van der Waals surface area contributed by atoms with E-state index in [9.17, 15) is 10.1 Å². The number of nitro groups is 1. The molecule has 5 heteroatoms. The topological polar surface area (TPSA) is 43.1 Å². The third-order valence-corrected chi connectivity index (χ3v) is 5.59. The molecule has 0 aromatic heterocycles. The Morgan fingerprint density at radius 1 is 1.16 bits per heavy atom. The summed E-state index contributed by atoms with van der Waals surface area (Å²) in [4.78, 5) is 12.4. The van der Waals surface area contributed by atoms with E-state index in [1.165, 1.54) is 6.07 Å². The van der Waals surface area contributed by atoms with Crippen LogP contribution in [0, 0.1) is 10.1 Å². The molecule has 19 heavy (non-hydrogen) atoms. The summed E-state index contributed by atoms with van der Waals surface area (Å²) < 4.78 is 1.99. The van der Waals surface area contributed by atoms with Crippen molar-refractivity contribution in [1.82, 2.24) is 0 Å². The van der Waals surface area contributed by atoms with E-state index >= 15 is 0 Å². The van der Waals surface area contributed by atoms with Gasteiger partial charge in [0.05, 0.1) is 0 Å². The average molecular weight is 383 g/mol. The van der Waals surface area contributed by atoms with Crippen LogP contribution < -0.4 is 4.46 Å². The molecule has 3 nitrogen and oxygen atoms in total. The summed E-state index contributed by atoms with van der Waals surface area (Å²) in [5.74, 6) is 0. The number of non-ortho nitro benzene ring substituents is 1. The van der Waals surface area contributed by atoms with E-state index in [1.54, 1.807) is 12.1 Å². The molecule has 0 fully saturated rings. The van der Waals surface area contributed by atoms with Gasteiger partial charge < -0.3 is 0 Å². The Balaban J connectivity index is 2.14. The summed E-state index contributed by atoms with van der Waals surface area (Å²) in [5.41, 5.74) is 1.25. The quantitative estimate of drug-likeness (QED) is 0.462. The summed E-state index contributed by atoms with van der Waals surface area (Å²) in [7, 11) is 0. The van der Waals surface area contributed by atoms with Crippen LogP contribution in [-0.2, 0) is 0 Å². The Morgan fingerprint density at radius 3 is 2.58 bits per heavy atom. The van der Waals surface area contributed by atoms with Gasteiger partial charge in [0.2, 0.25) is 0 Å². The van der Waals surface area contributed by atoms with Crippen molar-refractivity contribution in [2.24, 2.45) is 0 Å². The van der Waals surface area contributed by atoms with Crippen LogP contribution in [-0.4, -0.2) is 19.9 Å². The van der Waals surface area contributed by atoms with Gasteiger partial charge in [0.1, 0.15) is 0 Å². The Bertz CT molecular complexity index is 614. The van der Waals surface area contributed by atoms with Crippen LogP contribution in [0.1, 0.15) is 5.56 Å². The molecule has 0 atom stereocenters. The third kappa shape index (κ3) is 4.03. The Morgan fingerprint density at radius 2 is 1.89 bits per heavy atom. The van der Waals surface area contributed by atoms with Crippen molar-refractivity contribution in [3.05, 3.63) is 75.2 Å². The average Bonchev–Trinajstić information content (AvgIpc) is 2.46. The van der Waals surface area contributed by atoms with Crippen LogP contribution in [0.25, 0.3) is 4.48 Å². The van der Waals surface area contributed by atoms with E-state index in [-0.39, 0.29) is 25.6 Å². The van der Waals surface area contributed by atoms with Gasteiger partial charge in [0, 0.05) is 0 Å². The second kappa shape index (κ2) is 6.66. The zero-order chi connectivity index (χ0) is 13.7. The monoisotopic (exact) mass is 383 g/mol. The molecule has 0 heterocycles. The molecule has 0 amide bonds. The second-order valence-corrected chi connectivity index (χ2v) is 6.54. The molecule has 0 aliphatic rings. The van der Waals surface area contributed by atoms with Gasteiger partial charge in [-0.2, -0.15) is 0 Å². The minimum atomic E-state index is -0.366. The predicted molar refractivity (Wildman–Crippen MR) is 81.8 cm³/mol. The number of hydrogen-bond acceptors (Lipinski definition) is 2. The van der Waals surface area contributed by atoms with Crippen LogP contribution in [0.15, 0.2) is 59.6 Å². The molecule has 2 aromatic carbocycles. The number of halogens is 1. The second-order valence-electron chi connectivity index (χ2n) is 3.70. The van der Waals surface area contributed by atoms with E-state index in [2.05, 4.69) is 20.9 Å². The summed E-state index contributed by atoms with van der Waals surface area (Å²) >= 11 is 3.59. The summed E-state index contributed by atoms with van der Waals surface area (Å²) in [5, 5.41) is 10.7. The first kappa shape index (κ1) is 14.0. The fourth-order valence-electron chi connectivity index (χ4n) is 1.46. The normalized spacial score (nSPS) is 11.3. The predicted octanol–water partition coefficient (Wildman–Crippen LogP) is 3.32. The zero-order valence-electron chi connectivity index (χ0n) is 9.82. The Labute approximate surface area is 125 Å². The van der Waals surface area contributed by atoms with Crippen molar-refractivity contribution in [2.45, 2.75) is 0 Å². The van der Waals surface area contributed by atoms with Gasteiger partial charge in [-0.25, -0.2) is 0 Å². The van der Waals surface area contributed by atoms with Gasteiger partial charge in [-0.15, -0.1) is 0 Å². The molecule has 0 aliphatic carbocycles. The summed E-state index contributed by atoms with van der Waals surface area (Å²) in [6, 6.07) is 16.7. The van der Waals surface area contributed by atoms with Crippen molar-refractivity contribution >= 4 is 45.5 Å².